The summed E-state index contributed by atoms with van der Waals surface area (Å²) >= 11 is 0. The molecule has 0 amide bonds. The molecule has 0 bridgehead atoms. The average Bonchev–Trinajstić information content (AvgIpc) is 2.14. The van der Waals surface area contributed by atoms with Gasteiger partial charge in [0, 0.05) is 6.26 Å². The molecule has 0 spiro atoms. The summed E-state index contributed by atoms with van der Waals surface area (Å²) in [6, 6.07) is 6.42. The molecule has 0 aliphatic rings. The maximum atomic E-state index is 11.2. The van der Waals surface area contributed by atoms with Crippen molar-refractivity contribution in [3.05, 3.63) is 35.9 Å². The van der Waals surface area contributed by atoms with Gasteiger partial charge in [-0.25, -0.2) is 8.42 Å². The predicted octanol–water partition coefficient (Wildman–Crippen LogP) is 1.30. The van der Waals surface area contributed by atoms with Gasteiger partial charge in [0.25, 0.3) is 0 Å². The van der Waals surface area contributed by atoms with Crippen molar-refractivity contribution in [1.82, 2.24) is 0 Å². The fraction of sp³-hybridized carbons (Fsp3) is 0.100. The van der Waals surface area contributed by atoms with Gasteiger partial charge in [-0.2, -0.15) is 0 Å². The van der Waals surface area contributed by atoms with Gasteiger partial charge in [-0.05, 0) is 23.8 Å². The lowest BCUT2D eigenvalue weighted by Gasteiger charge is -1.98. The van der Waals surface area contributed by atoms with Gasteiger partial charge in [-0.1, -0.05) is 18.2 Å². The fourth-order valence-electron chi connectivity index (χ4n) is 0.999. The van der Waals surface area contributed by atoms with E-state index in [1.54, 1.807) is 18.2 Å². The highest BCUT2D eigenvalue weighted by Gasteiger charge is 2.05. The highest BCUT2D eigenvalue weighted by Crippen LogP contribution is 2.12. The Balaban J connectivity index is 3.14. The highest BCUT2D eigenvalue weighted by atomic mass is 32.2. The van der Waals surface area contributed by atoms with Crippen molar-refractivity contribution in [3.63, 3.8) is 0 Å². The normalized spacial score (nSPS) is 11.8. The summed E-state index contributed by atoms with van der Waals surface area (Å²) in [5.41, 5.74) is 0.694. The molecule has 0 aliphatic carbocycles. The third kappa shape index (κ3) is 2.81. The summed E-state index contributed by atoms with van der Waals surface area (Å²) in [6.45, 7) is 0. The molecule has 14 heavy (non-hydrogen) atoms. The van der Waals surface area contributed by atoms with Crippen molar-refractivity contribution in [3.8, 4) is 0 Å². The molecule has 0 aliphatic heterocycles. The molecular weight excluding hydrogens is 200 g/mol. The minimum absolute atomic E-state index is 0.255. The van der Waals surface area contributed by atoms with Crippen LogP contribution in [-0.4, -0.2) is 21.0 Å². The van der Waals surface area contributed by atoms with Gasteiger partial charge >= 0.3 is 0 Å². The van der Waals surface area contributed by atoms with Crippen LogP contribution < -0.4 is 0 Å². The van der Waals surface area contributed by atoms with E-state index in [4.69, 9.17) is 0 Å². The molecular formula is C10H10O3S. The molecule has 0 unspecified atom stereocenters. The topological polar surface area (TPSA) is 51.2 Å². The Labute approximate surface area is 83.0 Å². The molecule has 0 aromatic heterocycles. The predicted molar refractivity (Wildman–Crippen MR) is 54.6 cm³/mol. The van der Waals surface area contributed by atoms with E-state index in [0.717, 1.165) is 6.26 Å². The third-order valence-corrected chi connectivity index (χ3v) is 2.76. The number of hydrogen-bond donors (Lipinski definition) is 0. The van der Waals surface area contributed by atoms with Gasteiger partial charge in [0.2, 0.25) is 0 Å². The van der Waals surface area contributed by atoms with Crippen molar-refractivity contribution in [1.29, 1.82) is 0 Å². The van der Waals surface area contributed by atoms with Crippen LogP contribution in [0.5, 0.6) is 0 Å². The minimum atomic E-state index is -3.17. The minimum Gasteiger partial charge on any atom is -0.299 e. The Kier molecular flexibility index (Phi) is 3.19. The highest BCUT2D eigenvalue weighted by molar-refractivity contribution is 7.90. The second-order valence-electron chi connectivity index (χ2n) is 2.84. The molecule has 0 radical (unpaired) electrons. The first-order valence-corrected chi connectivity index (χ1v) is 5.85. The number of aldehydes is 1. The molecule has 3 nitrogen and oxygen atoms in total. The SMILES string of the molecule is CS(=O)(=O)c1cccc(/C=C/C=O)c1. The van der Waals surface area contributed by atoms with E-state index in [1.165, 1.54) is 18.2 Å². The monoisotopic (exact) mass is 210 g/mol. The summed E-state index contributed by atoms with van der Waals surface area (Å²) in [5, 5.41) is 0. The summed E-state index contributed by atoms with van der Waals surface area (Å²) in [5.74, 6) is 0. The zero-order valence-corrected chi connectivity index (χ0v) is 8.49. The number of sulfone groups is 1. The summed E-state index contributed by atoms with van der Waals surface area (Å²) < 4.78 is 22.3. The lowest BCUT2D eigenvalue weighted by atomic mass is 10.2. The molecule has 1 aromatic carbocycles. The molecule has 0 fully saturated rings. The quantitative estimate of drug-likeness (QED) is 0.558. The molecule has 0 atom stereocenters. The molecule has 1 rings (SSSR count). The smallest absolute Gasteiger partial charge is 0.175 e. The van der Waals surface area contributed by atoms with Gasteiger partial charge in [-0.15, -0.1) is 0 Å². The van der Waals surface area contributed by atoms with Gasteiger partial charge in [0.05, 0.1) is 4.90 Å². The second kappa shape index (κ2) is 4.19. The van der Waals surface area contributed by atoms with Crippen molar-refractivity contribution in [2.45, 2.75) is 4.90 Å². The lowest BCUT2D eigenvalue weighted by Crippen LogP contribution is -1.96. The van der Waals surface area contributed by atoms with Gasteiger partial charge < -0.3 is 0 Å². The number of allylic oxidation sites excluding steroid dienone is 1. The number of benzene rings is 1. The lowest BCUT2D eigenvalue weighted by molar-refractivity contribution is -0.104. The Hall–Kier alpha value is -1.42. The van der Waals surface area contributed by atoms with Crippen LogP contribution in [0.15, 0.2) is 35.2 Å². The fourth-order valence-corrected chi connectivity index (χ4v) is 1.68. The zero-order valence-electron chi connectivity index (χ0n) is 7.67. The maximum absolute atomic E-state index is 11.2. The van der Waals surface area contributed by atoms with Gasteiger partial charge in [0.1, 0.15) is 6.29 Å². The van der Waals surface area contributed by atoms with Crippen LogP contribution in [0.25, 0.3) is 6.08 Å². The van der Waals surface area contributed by atoms with Crippen molar-refractivity contribution < 1.29 is 13.2 Å². The Morgan fingerprint density at radius 3 is 2.57 bits per heavy atom. The van der Waals surface area contributed by atoms with E-state index in [9.17, 15) is 13.2 Å². The number of hydrogen-bond acceptors (Lipinski definition) is 3. The van der Waals surface area contributed by atoms with Crippen LogP contribution in [0, 0.1) is 0 Å². The molecule has 0 N–H and O–H groups in total. The van der Waals surface area contributed by atoms with E-state index < -0.39 is 9.84 Å². The number of carbonyl (C=O) groups is 1. The molecule has 74 valence electrons. The van der Waals surface area contributed by atoms with Gasteiger partial charge in [-0.3, -0.25) is 4.79 Å². The van der Waals surface area contributed by atoms with E-state index in [-0.39, 0.29) is 4.90 Å². The van der Waals surface area contributed by atoms with E-state index in [1.807, 2.05) is 0 Å². The molecule has 0 saturated carbocycles. The van der Waals surface area contributed by atoms with Crippen molar-refractivity contribution in [2.24, 2.45) is 0 Å². The second-order valence-corrected chi connectivity index (χ2v) is 4.86. The first kappa shape index (κ1) is 10.7. The standard InChI is InChI=1S/C10H10O3S/c1-14(12,13)10-6-2-4-9(8-10)5-3-7-11/h2-8H,1H3/b5-3+. The van der Waals surface area contributed by atoms with Crippen LogP contribution in [0.2, 0.25) is 0 Å². The van der Waals surface area contributed by atoms with E-state index in [0.29, 0.717) is 11.8 Å². The Bertz CT molecular complexity index is 458. The van der Waals surface area contributed by atoms with Crippen LogP contribution in [0.3, 0.4) is 0 Å². The molecule has 0 heterocycles. The summed E-state index contributed by atoms with van der Waals surface area (Å²) in [4.78, 5) is 10.3. The number of rotatable bonds is 3. The summed E-state index contributed by atoms with van der Waals surface area (Å²) in [6.07, 6.45) is 4.67. The van der Waals surface area contributed by atoms with Crippen LogP contribution in [0.4, 0.5) is 0 Å². The van der Waals surface area contributed by atoms with Crippen molar-refractivity contribution in [2.75, 3.05) is 6.26 Å². The average molecular weight is 210 g/mol. The Morgan fingerprint density at radius 1 is 1.29 bits per heavy atom. The first-order valence-electron chi connectivity index (χ1n) is 3.96. The molecule has 1 aromatic rings. The zero-order chi connectivity index (χ0) is 10.6. The van der Waals surface area contributed by atoms with Crippen LogP contribution in [0.1, 0.15) is 5.56 Å². The van der Waals surface area contributed by atoms with Crippen LogP contribution in [-0.2, 0) is 14.6 Å². The third-order valence-electron chi connectivity index (χ3n) is 1.65. The van der Waals surface area contributed by atoms with Crippen molar-refractivity contribution >= 4 is 22.2 Å². The number of carbonyl (C=O) groups excluding carboxylic acids is 1. The maximum Gasteiger partial charge on any atom is 0.175 e. The largest absolute Gasteiger partial charge is 0.299 e. The van der Waals surface area contributed by atoms with Gasteiger partial charge in [0.15, 0.2) is 9.84 Å². The summed E-state index contributed by atoms with van der Waals surface area (Å²) in [7, 11) is -3.17. The van der Waals surface area contributed by atoms with E-state index >= 15 is 0 Å². The van der Waals surface area contributed by atoms with E-state index in [2.05, 4.69) is 0 Å². The van der Waals surface area contributed by atoms with Crippen LogP contribution >= 0.6 is 0 Å². The Morgan fingerprint density at radius 2 is 2.00 bits per heavy atom. The first-order chi connectivity index (χ1) is 6.54. The molecule has 4 heteroatoms. The molecule has 0 saturated heterocycles.